The summed E-state index contributed by atoms with van der Waals surface area (Å²) in [5.41, 5.74) is 2.70. The summed E-state index contributed by atoms with van der Waals surface area (Å²) in [5.74, 6) is 4.86. The molecule has 1 aromatic rings. The molecule has 84 valence electrons. The molecule has 3 N–H and O–H groups in total. The molecule has 0 saturated carbocycles. The minimum Gasteiger partial charge on any atom is -0.406 e. The van der Waals surface area contributed by atoms with Crippen molar-refractivity contribution in [2.45, 2.75) is 11.3 Å². The largest absolute Gasteiger partial charge is 0.573 e. The number of nitrogens with two attached hydrogens (primary N) is 1. The number of hydrogen-bond acceptors (Lipinski definition) is 4. The van der Waals surface area contributed by atoms with Gasteiger partial charge in [-0.2, -0.15) is 0 Å². The molecule has 0 unspecified atom stereocenters. The van der Waals surface area contributed by atoms with Crippen LogP contribution in [0.4, 0.5) is 18.9 Å². The van der Waals surface area contributed by atoms with E-state index in [0.717, 1.165) is 4.90 Å². The summed E-state index contributed by atoms with van der Waals surface area (Å²) < 4.78 is 39.4. The molecule has 0 aromatic heterocycles. The maximum absolute atomic E-state index is 11.9. The number of rotatable bonds is 3. The maximum atomic E-state index is 11.9. The molecule has 1 rings (SSSR count). The van der Waals surface area contributed by atoms with Crippen LogP contribution in [0.2, 0.25) is 0 Å². The third-order valence-corrected chi connectivity index (χ3v) is 2.36. The zero-order valence-electron chi connectivity index (χ0n) is 7.76. The average Bonchev–Trinajstić information content (AvgIpc) is 2.15. The van der Waals surface area contributed by atoms with Gasteiger partial charge in [0.1, 0.15) is 5.75 Å². The van der Waals surface area contributed by atoms with Gasteiger partial charge in [0.05, 0.1) is 5.69 Å². The van der Waals surface area contributed by atoms with Gasteiger partial charge in [-0.1, -0.05) is 0 Å². The fraction of sp³-hybridized carbons (Fsp3) is 0.250. The van der Waals surface area contributed by atoms with E-state index in [2.05, 4.69) is 10.2 Å². The third kappa shape index (κ3) is 3.52. The number of nitrogens with one attached hydrogen (secondary N) is 1. The van der Waals surface area contributed by atoms with Crippen molar-refractivity contribution in [1.82, 2.24) is 0 Å². The van der Waals surface area contributed by atoms with Crippen molar-refractivity contribution in [2.75, 3.05) is 11.7 Å². The molecule has 0 aliphatic heterocycles. The second-order valence-electron chi connectivity index (χ2n) is 2.55. The number of thioether (sulfide) groups is 1. The van der Waals surface area contributed by atoms with E-state index in [1.54, 1.807) is 6.26 Å². The quantitative estimate of drug-likeness (QED) is 0.482. The van der Waals surface area contributed by atoms with E-state index >= 15 is 0 Å². The minimum absolute atomic E-state index is 0.298. The summed E-state index contributed by atoms with van der Waals surface area (Å²) in [5, 5.41) is 0. The molecule has 15 heavy (non-hydrogen) atoms. The van der Waals surface area contributed by atoms with E-state index in [4.69, 9.17) is 5.84 Å². The first kappa shape index (κ1) is 12.0. The Morgan fingerprint density at radius 2 is 2.07 bits per heavy atom. The number of hydrazine groups is 1. The van der Waals surface area contributed by atoms with Crippen LogP contribution < -0.4 is 16.0 Å². The van der Waals surface area contributed by atoms with Gasteiger partial charge in [-0.15, -0.1) is 24.9 Å². The molecule has 0 radical (unpaired) electrons. The van der Waals surface area contributed by atoms with Gasteiger partial charge in [0.25, 0.3) is 0 Å². The van der Waals surface area contributed by atoms with Gasteiger partial charge in [-0.05, 0) is 18.4 Å². The lowest BCUT2D eigenvalue weighted by Gasteiger charge is -2.12. The summed E-state index contributed by atoms with van der Waals surface area (Å²) >= 11 is 1.37. The maximum Gasteiger partial charge on any atom is 0.573 e. The number of ether oxygens (including phenoxy) is 1. The summed E-state index contributed by atoms with van der Waals surface area (Å²) in [6, 6.07) is 3.93. The standard InChI is InChI=1S/C8H9F3N2OS/c1-15-7-3-2-5(4-6(7)13-12)14-8(9,10)11/h2-4,13H,12H2,1H3. The molecule has 0 amide bonds. The second-order valence-corrected chi connectivity index (χ2v) is 3.40. The lowest BCUT2D eigenvalue weighted by Crippen LogP contribution is -2.17. The van der Waals surface area contributed by atoms with Gasteiger partial charge in [-0.25, -0.2) is 0 Å². The Kier molecular flexibility index (Phi) is 3.70. The summed E-state index contributed by atoms with van der Waals surface area (Å²) in [7, 11) is 0. The van der Waals surface area contributed by atoms with Crippen LogP contribution in [0.15, 0.2) is 23.1 Å². The Labute approximate surface area is 88.8 Å². The van der Waals surface area contributed by atoms with Crippen molar-refractivity contribution < 1.29 is 17.9 Å². The summed E-state index contributed by atoms with van der Waals surface area (Å²) in [4.78, 5) is 0.743. The molecular formula is C8H9F3N2OS. The van der Waals surface area contributed by atoms with Crippen molar-refractivity contribution in [2.24, 2.45) is 5.84 Å². The Balaban J connectivity index is 2.93. The highest BCUT2D eigenvalue weighted by molar-refractivity contribution is 7.98. The van der Waals surface area contributed by atoms with Crippen molar-refractivity contribution in [3.63, 3.8) is 0 Å². The zero-order chi connectivity index (χ0) is 11.5. The molecule has 0 bridgehead atoms. The van der Waals surface area contributed by atoms with Crippen LogP contribution >= 0.6 is 11.8 Å². The third-order valence-electron chi connectivity index (χ3n) is 1.56. The van der Waals surface area contributed by atoms with E-state index in [1.807, 2.05) is 0 Å². The molecule has 3 nitrogen and oxygen atoms in total. The van der Waals surface area contributed by atoms with Crippen LogP contribution in [-0.2, 0) is 0 Å². The van der Waals surface area contributed by atoms with Crippen molar-refractivity contribution >= 4 is 17.4 Å². The second kappa shape index (κ2) is 4.63. The Hall–Kier alpha value is -1.08. The van der Waals surface area contributed by atoms with Crippen LogP contribution in [0.3, 0.4) is 0 Å². The molecule has 7 heteroatoms. The van der Waals surface area contributed by atoms with E-state index in [1.165, 1.54) is 30.0 Å². The Morgan fingerprint density at radius 3 is 2.53 bits per heavy atom. The van der Waals surface area contributed by atoms with Crippen LogP contribution in [0, 0.1) is 0 Å². The van der Waals surface area contributed by atoms with E-state index in [0.29, 0.717) is 5.69 Å². The number of anilines is 1. The Morgan fingerprint density at radius 1 is 1.40 bits per heavy atom. The van der Waals surface area contributed by atoms with Gasteiger partial charge < -0.3 is 10.2 Å². The van der Waals surface area contributed by atoms with Crippen molar-refractivity contribution in [3.05, 3.63) is 18.2 Å². The van der Waals surface area contributed by atoms with E-state index in [-0.39, 0.29) is 5.75 Å². The van der Waals surface area contributed by atoms with Crippen LogP contribution in [0.25, 0.3) is 0 Å². The van der Waals surface area contributed by atoms with Crippen LogP contribution in [-0.4, -0.2) is 12.6 Å². The molecule has 0 aliphatic carbocycles. The molecule has 0 spiro atoms. The topological polar surface area (TPSA) is 47.3 Å². The molecule has 0 heterocycles. The van der Waals surface area contributed by atoms with Crippen molar-refractivity contribution in [1.29, 1.82) is 0 Å². The number of alkyl halides is 3. The normalized spacial score (nSPS) is 11.3. The molecular weight excluding hydrogens is 229 g/mol. The molecule has 0 fully saturated rings. The van der Waals surface area contributed by atoms with Crippen molar-refractivity contribution in [3.8, 4) is 5.75 Å². The number of hydrogen-bond donors (Lipinski definition) is 2. The fourth-order valence-electron chi connectivity index (χ4n) is 0.997. The molecule has 0 saturated heterocycles. The van der Waals surface area contributed by atoms with Gasteiger partial charge in [0.2, 0.25) is 0 Å². The predicted octanol–water partition coefficient (Wildman–Crippen LogP) is 2.59. The highest BCUT2D eigenvalue weighted by Crippen LogP contribution is 2.31. The van der Waals surface area contributed by atoms with Crippen LogP contribution in [0.1, 0.15) is 0 Å². The van der Waals surface area contributed by atoms with Gasteiger partial charge in [0.15, 0.2) is 0 Å². The minimum atomic E-state index is -4.69. The molecule has 1 aromatic carbocycles. The average molecular weight is 238 g/mol. The first-order valence-electron chi connectivity index (χ1n) is 3.86. The smallest absolute Gasteiger partial charge is 0.406 e. The summed E-state index contributed by atoms with van der Waals surface area (Å²) in [6.07, 6.45) is -2.90. The number of nitrogen functional groups attached to an aromatic ring is 1. The zero-order valence-corrected chi connectivity index (χ0v) is 8.58. The Bertz CT molecular complexity index is 343. The number of benzene rings is 1. The summed E-state index contributed by atoms with van der Waals surface area (Å²) in [6.45, 7) is 0. The molecule has 0 atom stereocenters. The van der Waals surface area contributed by atoms with Gasteiger partial charge in [-0.3, -0.25) is 5.84 Å². The van der Waals surface area contributed by atoms with E-state index in [9.17, 15) is 13.2 Å². The highest BCUT2D eigenvalue weighted by Gasteiger charge is 2.31. The van der Waals surface area contributed by atoms with Gasteiger partial charge in [0, 0.05) is 11.0 Å². The lowest BCUT2D eigenvalue weighted by molar-refractivity contribution is -0.274. The van der Waals surface area contributed by atoms with E-state index < -0.39 is 6.36 Å². The first-order chi connectivity index (χ1) is 6.96. The first-order valence-corrected chi connectivity index (χ1v) is 5.09. The predicted molar refractivity (Wildman–Crippen MR) is 52.7 cm³/mol. The SMILES string of the molecule is CSc1ccc(OC(F)(F)F)cc1NN. The number of halogens is 3. The highest BCUT2D eigenvalue weighted by atomic mass is 32.2. The monoisotopic (exact) mass is 238 g/mol. The van der Waals surface area contributed by atoms with Gasteiger partial charge >= 0.3 is 6.36 Å². The molecule has 0 aliphatic rings. The van der Waals surface area contributed by atoms with Crippen LogP contribution in [0.5, 0.6) is 5.75 Å². The lowest BCUT2D eigenvalue weighted by atomic mass is 10.3. The fourth-order valence-corrected chi connectivity index (χ4v) is 1.54.